The summed E-state index contributed by atoms with van der Waals surface area (Å²) < 4.78 is 54.0. The molecule has 0 atom stereocenters. The maximum absolute atomic E-state index is 14.2. The van der Waals surface area contributed by atoms with Crippen LogP contribution >= 0.6 is 0 Å². The molecule has 5 nitrogen and oxygen atoms in total. The molecule has 0 bridgehead atoms. The summed E-state index contributed by atoms with van der Waals surface area (Å²) in [6.07, 6.45) is 2.38. The van der Waals surface area contributed by atoms with E-state index in [1.54, 1.807) is 0 Å². The van der Waals surface area contributed by atoms with Gasteiger partial charge in [0.2, 0.25) is 10.0 Å². The maximum Gasteiger partial charge on any atom is 0.255 e. The molecule has 0 unspecified atom stereocenters. The van der Waals surface area contributed by atoms with Crippen molar-refractivity contribution in [3.05, 3.63) is 59.7 Å². The van der Waals surface area contributed by atoms with E-state index < -0.39 is 32.5 Å². The molecule has 1 heterocycles. The molecule has 1 saturated heterocycles. The first-order valence-electron chi connectivity index (χ1n) is 8.24. The molecule has 138 valence electrons. The highest BCUT2D eigenvalue weighted by atomic mass is 32.2. The standard InChI is InChI=1S/C18H18F2N2O3S/c19-14-5-4-6-15(12-14)21-18(23)13-7-8-16(20)17(11-13)26(24,25)22-9-2-1-3-10-22/h4-8,11-12H,1-3,9-10H2,(H,21,23). The predicted molar refractivity (Wildman–Crippen MR) is 93.4 cm³/mol. The fourth-order valence-electron chi connectivity index (χ4n) is 2.86. The smallest absolute Gasteiger partial charge is 0.255 e. The molecule has 26 heavy (non-hydrogen) atoms. The van der Waals surface area contributed by atoms with Crippen molar-refractivity contribution in [2.45, 2.75) is 24.2 Å². The van der Waals surface area contributed by atoms with E-state index in [2.05, 4.69) is 5.32 Å². The highest BCUT2D eigenvalue weighted by molar-refractivity contribution is 7.89. The number of nitrogens with zero attached hydrogens (tertiary/aromatic N) is 1. The van der Waals surface area contributed by atoms with Crippen LogP contribution in [0.5, 0.6) is 0 Å². The number of sulfonamides is 1. The number of carbonyl (C=O) groups excluding carboxylic acids is 1. The molecule has 3 rings (SSSR count). The third-order valence-electron chi connectivity index (χ3n) is 4.21. The van der Waals surface area contributed by atoms with Crippen LogP contribution in [0.2, 0.25) is 0 Å². The molecule has 8 heteroatoms. The molecule has 0 aliphatic carbocycles. The minimum Gasteiger partial charge on any atom is -0.322 e. The van der Waals surface area contributed by atoms with E-state index in [-0.39, 0.29) is 11.3 Å². The van der Waals surface area contributed by atoms with Crippen LogP contribution in [0.3, 0.4) is 0 Å². The molecule has 0 aromatic heterocycles. The van der Waals surface area contributed by atoms with Gasteiger partial charge in [-0.05, 0) is 49.2 Å². The monoisotopic (exact) mass is 380 g/mol. The van der Waals surface area contributed by atoms with Crippen molar-refractivity contribution in [1.82, 2.24) is 4.31 Å². The number of nitrogens with one attached hydrogen (secondary N) is 1. The second kappa shape index (κ2) is 7.51. The van der Waals surface area contributed by atoms with Gasteiger partial charge in [-0.15, -0.1) is 0 Å². The molecule has 0 radical (unpaired) electrons. The molecule has 1 aliphatic rings. The molecule has 1 aliphatic heterocycles. The molecule has 2 aromatic carbocycles. The first-order chi connectivity index (χ1) is 12.4. The predicted octanol–water partition coefficient (Wildman–Crippen LogP) is 3.39. The average molecular weight is 380 g/mol. The van der Waals surface area contributed by atoms with Crippen molar-refractivity contribution in [2.24, 2.45) is 0 Å². The van der Waals surface area contributed by atoms with Gasteiger partial charge >= 0.3 is 0 Å². The zero-order valence-electron chi connectivity index (χ0n) is 13.9. The van der Waals surface area contributed by atoms with Gasteiger partial charge < -0.3 is 5.32 Å². The highest BCUT2D eigenvalue weighted by Crippen LogP contribution is 2.24. The van der Waals surface area contributed by atoms with Crippen molar-refractivity contribution in [1.29, 1.82) is 0 Å². The summed E-state index contributed by atoms with van der Waals surface area (Å²) in [5, 5.41) is 2.47. The van der Waals surface area contributed by atoms with Gasteiger partial charge in [0.05, 0.1) is 0 Å². The Hall–Kier alpha value is -2.32. The summed E-state index contributed by atoms with van der Waals surface area (Å²) in [7, 11) is -4.01. The molecule has 0 saturated carbocycles. The summed E-state index contributed by atoms with van der Waals surface area (Å²) in [6.45, 7) is 0.670. The third kappa shape index (κ3) is 3.91. The Balaban J connectivity index is 1.88. The van der Waals surface area contributed by atoms with Crippen molar-refractivity contribution >= 4 is 21.6 Å². The van der Waals surface area contributed by atoms with E-state index in [1.165, 1.54) is 28.6 Å². The zero-order valence-corrected chi connectivity index (χ0v) is 14.7. The number of halogens is 2. The third-order valence-corrected chi connectivity index (χ3v) is 6.12. The Kier molecular flexibility index (Phi) is 5.33. The number of hydrogen-bond acceptors (Lipinski definition) is 3. The second-order valence-electron chi connectivity index (χ2n) is 6.07. The number of rotatable bonds is 4. The number of anilines is 1. The van der Waals surface area contributed by atoms with Gasteiger partial charge in [0.25, 0.3) is 5.91 Å². The van der Waals surface area contributed by atoms with Crippen molar-refractivity contribution < 1.29 is 22.0 Å². The molecule has 0 spiro atoms. The quantitative estimate of drug-likeness (QED) is 0.884. The number of amides is 1. The minimum atomic E-state index is -4.01. The Labute approximate surface area is 150 Å². The van der Waals surface area contributed by atoms with Gasteiger partial charge in [-0.1, -0.05) is 12.5 Å². The minimum absolute atomic E-state index is 0.0220. The fraction of sp³-hybridized carbons (Fsp3) is 0.278. The SMILES string of the molecule is O=C(Nc1cccc(F)c1)c1ccc(F)c(S(=O)(=O)N2CCCCC2)c1. The van der Waals surface area contributed by atoms with Crippen LogP contribution in [-0.2, 0) is 10.0 Å². The Morgan fingerprint density at radius 3 is 2.42 bits per heavy atom. The summed E-state index contributed by atoms with van der Waals surface area (Å²) in [6, 6.07) is 8.46. The zero-order chi connectivity index (χ0) is 18.7. The molecule has 1 amide bonds. The van der Waals surface area contributed by atoms with Crippen LogP contribution in [0.1, 0.15) is 29.6 Å². The number of carbonyl (C=O) groups is 1. The molecule has 1 N–H and O–H groups in total. The first-order valence-corrected chi connectivity index (χ1v) is 9.68. The maximum atomic E-state index is 14.2. The summed E-state index contributed by atoms with van der Waals surface area (Å²) in [4.78, 5) is 11.8. The van der Waals surface area contributed by atoms with E-state index in [0.29, 0.717) is 13.1 Å². The van der Waals surface area contributed by atoms with Gasteiger partial charge in [0, 0.05) is 24.3 Å². The van der Waals surface area contributed by atoms with Crippen molar-refractivity contribution in [3.8, 4) is 0 Å². The molecule has 2 aromatic rings. The van der Waals surface area contributed by atoms with Crippen LogP contribution in [0, 0.1) is 11.6 Å². The van der Waals surface area contributed by atoms with Crippen LogP contribution in [-0.4, -0.2) is 31.7 Å². The molecular weight excluding hydrogens is 362 g/mol. The average Bonchev–Trinajstić information content (AvgIpc) is 2.62. The van der Waals surface area contributed by atoms with Crippen LogP contribution < -0.4 is 5.32 Å². The largest absolute Gasteiger partial charge is 0.322 e. The lowest BCUT2D eigenvalue weighted by atomic mass is 10.2. The Morgan fingerprint density at radius 1 is 1.00 bits per heavy atom. The number of benzene rings is 2. The number of hydrogen-bond donors (Lipinski definition) is 1. The summed E-state index contributed by atoms with van der Waals surface area (Å²) in [5.41, 5.74) is 0.200. The van der Waals surface area contributed by atoms with Gasteiger partial charge in [-0.25, -0.2) is 17.2 Å². The Morgan fingerprint density at radius 2 is 1.73 bits per heavy atom. The van der Waals surface area contributed by atoms with Gasteiger partial charge in [-0.2, -0.15) is 4.31 Å². The van der Waals surface area contributed by atoms with E-state index >= 15 is 0 Å². The van der Waals surface area contributed by atoms with E-state index in [9.17, 15) is 22.0 Å². The summed E-state index contributed by atoms with van der Waals surface area (Å²) >= 11 is 0. The van der Waals surface area contributed by atoms with Crippen LogP contribution in [0.4, 0.5) is 14.5 Å². The van der Waals surface area contributed by atoms with Crippen LogP contribution in [0.25, 0.3) is 0 Å². The van der Waals surface area contributed by atoms with E-state index in [0.717, 1.165) is 37.5 Å². The summed E-state index contributed by atoms with van der Waals surface area (Å²) in [5.74, 6) is -2.07. The normalized spacial score (nSPS) is 15.6. The van der Waals surface area contributed by atoms with E-state index in [1.807, 2.05) is 0 Å². The van der Waals surface area contributed by atoms with Gasteiger partial charge in [-0.3, -0.25) is 4.79 Å². The lowest BCUT2D eigenvalue weighted by Gasteiger charge is -2.26. The topological polar surface area (TPSA) is 66.5 Å². The van der Waals surface area contributed by atoms with Crippen molar-refractivity contribution in [3.63, 3.8) is 0 Å². The van der Waals surface area contributed by atoms with E-state index in [4.69, 9.17) is 0 Å². The van der Waals surface area contributed by atoms with Gasteiger partial charge in [0.15, 0.2) is 0 Å². The number of piperidine rings is 1. The molecular formula is C18H18F2N2O3S. The highest BCUT2D eigenvalue weighted by Gasteiger charge is 2.29. The lowest BCUT2D eigenvalue weighted by molar-refractivity contribution is 0.102. The van der Waals surface area contributed by atoms with Gasteiger partial charge in [0.1, 0.15) is 16.5 Å². The van der Waals surface area contributed by atoms with Crippen LogP contribution in [0.15, 0.2) is 47.4 Å². The fourth-order valence-corrected chi connectivity index (χ4v) is 4.46. The van der Waals surface area contributed by atoms with Crippen molar-refractivity contribution in [2.75, 3.05) is 18.4 Å². The molecule has 1 fully saturated rings. The Bertz CT molecular complexity index is 926. The second-order valence-corrected chi connectivity index (χ2v) is 7.98. The lowest BCUT2D eigenvalue weighted by Crippen LogP contribution is -2.36. The first kappa shape index (κ1) is 18.5.